The largest absolute Gasteiger partial charge is 0.471 e. The van der Waals surface area contributed by atoms with E-state index in [4.69, 9.17) is 10.5 Å². The molecule has 0 amide bonds. The number of nitrogens with two attached hydrogens (primary N) is 1. The Morgan fingerprint density at radius 2 is 1.88 bits per heavy atom. The van der Waals surface area contributed by atoms with E-state index in [1.165, 1.54) is 0 Å². The number of hydrogen-bond acceptors (Lipinski definition) is 4. The Morgan fingerprint density at radius 3 is 2.47 bits per heavy atom. The molecular formula is C11H13Cl2N3O. The average Bonchev–Trinajstić information content (AvgIpc) is 2.30. The van der Waals surface area contributed by atoms with Crippen LogP contribution in [0.25, 0.3) is 0 Å². The van der Waals surface area contributed by atoms with Gasteiger partial charge in [0.15, 0.2) is 0 Å². The van der Waals surface area contributed by atoms with Gasteiger partial charge in [0.2, 0.25) is 5.88 Å². The highest BCUT2D eigenvalue weighted by atomic mass is 35.5. The minimum atomic E-state index is 0. The van der Waals surface area contributed by atoms with Crippen LogP contribution < -0.4 is 10.5 Å². The summed E-state index contributed by atoms with van der Waals surface area (Å²) in [7, 11) is 0. The van der Waals surface area contributed by atoms with Gasteiger partial charge in [-0.2, -0.15) is 0 Å². The molecule has 0 spiro atoms. The first-order valence-corrected chi connectivity index (χ1v) is 4.59. The molecule has 0 bridgehead atoms. The van der Waals surface area contributed by atoms with Crippen molar-refractivity contribution in [3.05, 3.63) is 48.4 Å². The Bertz CT molecular complexity index is 422. The molecule has 0 aliphatic rings. The summed E-state index contributed by atoms with van der Waals surface area (Å²) < 4.78 is 5.42. The molecule has 2 aromatic rings. The lowest BCUT2D eigenvalue weighted by molar-refractivity contribution is 0.289. The van der Waals surface area contributed by atoms with Crippen LogP contribution in [0.2, 0.25) is 0 Å². The molecule has 0 fully saturated rings. The van der Waals surface area contributed by atoms with Crippen LogP contribution in [0, 0.1) is 0 Å². The van der Waals surface area contributed by atoms with Gasteiger partial charge in [-0.15, -0.1) is 24.8 Å². The van der Waals surface area contributed by atoms with E-state index in [0.29, 0.717) is 18.2 Å². The lowest BCUT2D eigenvalue weighted by Gasteiger charge is -2.04. The highest BCUT2D eigenvalue weighted by Gasteiger charge is 1.96. The number of hydrogen-bond donors (Lipinski definition) is 1. The van der Waals surface area contributed by atoms with Crippen molar-refractivity contribution >= 4 is 30.5 Å². The van der Waals surface area contributed by atoms with Crippen molar-refractivity contribution in [3.63, 3.8) is 0 Å². The summed E-state index contributed by atoms with van der Waals surface area (Å²) in [5.74, 6) is 0.551. The number of halogens is 2. The lowest BCUT2D eigenvalue weighted by atomic mass is 10.4. The minimum Gasteiger partial charge on any atom is -0.471 e. The van der Waals surface area contributed by atoms with Gasteiger partial charge < -0.3 is 10.5 Å². The van der Waals surface area contributed by atoms with Gasteiger partial charge in [0.25, 0.3) is 0 Å². The lowest BCUT2D eigenvalue weighted by Crippen LogP contribution is -1.99. The van der Waals surface area contributed by atoms with Gasteiger partial charge in [0, 0.05) is 12.3 Å². The molecule has 0 saturated carbocycles. The molecule has 92 valence electrons. The molecule has 0 radical (unpaired) electrons. The Labute approximate surface area is 112 Å². The van der Waals surface area contributed by atoms with E-state index in [0.717, 1.165) is 5.69 Å². The Balaban J connectivity index is 0.00000128. The molecule has 2 N–H and O–H groups in total. The second kappa shape index (κ2) is 7.70. The summed E-state index contributed by atoms with van der Waals surface area (Å²) in [6, 6.07) is 9.17. The summed E-state index contributed by atoms with van der Waals surface area (Å²) in [6.07, 6.45) is 3.29. The van der Waals surface area contributed by atoms with Crippen molar-refractivity contribution in [3.8, 4) is 5.88 Å². The molecule has 0 atom stereocenters. The van der Waals surface area contributed by atoms with E-state index < -0.39 is 0 Å². The Hall–Kier alpha value is -1.52. The van der Waals surface area contributed by atoms with Crippen LogP contribution in [0.1, 0.15) is 5.69 Å². The second-order valence-electron chi connectivity index (χ2n) is 3.04. The highest BCUT2D eigenvalue weighted by molar-refractivity contribution is 5.85. The molecule has 0 aliphatic carbocycles. The molecule has 0 unspecified atom stereocenters. The zero-order valence-electron chi connectivity index (χ0n) is 8.95. The fourth-order valence-electron chi connectivity index (χ4n) is 1.11. The predicted molar refractivity (Wildman–Crippen MR) is 71.7 cm³/mol. The van der Waals surface area contributed by atoms with E-state index >= 15 is 0 Å². The maximum absolute atomic E-state index is 5.50. The molecule has 17 heavy (non-hydrogen) atoms. The summed E-state index contributed by atoms with van der Waals surface area (Å²) in [6.45, 7) is 0.414. The van der Waals surface area contributed by atoms with Crippen molar-refractivity contribution in [2.24, 2.45) is 0 Å². The van der Waals surface area contributed by atoms with Gasteiger partial charge in [-0.25, -0.2) is 4.98 Å². The fourth-order valence-corrected chi connectivity index (χ4v) is 1.11. The van der Waals surface area contributed by atoms with Crippen molar-refractivity contribution in [2.45, 2.75) is 6.61 Å². The third-order valence-corrected chi connectivity index (χ3v) is 1.85. The first kappa shape index (κ1) is 15.5. The molecule has 2 heterocycles. The Morgan fingerprint density at radius 1 is 1.06 bits per heavy atom. The van der Waals surface area contributed by atoms with E-state index in [1.807, 2.05) is 18.2 Å². The summed E-state index contributed by atoms with van der Waals surface area (Å²) in [5, 5.41) is 0. The van der Waals surface area contributed by atoms with Crippen molar-refractivity contribution < 1.29 is 4.74 Å². The second-order valence-corrected chi connectivity index (χ2v) is 3.04. The first-order valence-electron chi connectivity index (χ1n) is 4.59. The molecule has 0 aromatic carbocycles. The van der Waals surface area contributed by atoms with E-state index in [-0.39, 0.29) is 24.8 Å². The molecule has 0 aliphatic heterocycles. The van der Waals surface area contributed by atoms with E-state index in [2.05, 4.69) is 9.97 Å². The van der Waals surface area contributed by atoms with Gasteiger partial charge in [-0.05, 0) is 18.2 Å². The van der Waals surface area contributed by atoms with Gasteiger partial charge in [0.1, 0.15) is 6.61 Å². The van der Waals surface area contributed by atoms with Gasteiger partial charge in [-0.1, -0.05) is 6.07 Å². The topological polar surface area (TPSA) is 61.0 Å². The molecule has 2 aromatic heterocycles. The number of nitrogens with zero attached hydrogens (tertiary/aromatic N) is 2. The van der Waals surface area contributed by atoms with E-state index in [9.17, 15) is 0 Å². The number of ether oxygens (including phenoxy) is 1. The normalized spacial score (nSPS) is 8.71. The van der Waals surface area contributed by atoms with Gasteiger partial charge in [0.05, 0.1) is 17.6 Å². The van der Waals surface area contributed by atoms with Crippen LogP contribution in [0.3, 0.4) is 0 Å². The Kier molecular flexibility index (Phi) is 7.02. The SMILES string of the molecule is Cl.Cl.Nc1ccc(OCc2ccccn2)nc1. The van der Waals surface area contributed by atoms with Crippen LogP contribution in [0.5, 0.6) is 5.88 Å². The average molecular weight is 274 g/mol. The fraction of sp³-hybridized carbons (Fsp3) is 0.0909. The van der Waals surface area contributed by atoms with Crippen molar-refractivity contribution in [2.75, 3.05) is 5.73 Å². The van der Waals surface area contributed by atoms with E-state index in [1.54, 1.807) is 24.5 Å². The maximum Gasteiger partial charge on any atom is 0.213 e. The number of nitrogen functional groups attached to an aromatic ring is 1. The van der Waals surface area contributed by atoms with Crippen molar-refractivity contribution in [1.82, 2.24) is 9.97 Å². The maximum atomic E-state index is 5.50. The molecule has 0 saturated heterocycles. The third kappa shape index (κ3) is 4.89. The van der Waals surface area contributed by atoms with Crippen LogP contribution in [0.15, 0.2) is 42.7 Å². The van der Waals surface area contributed by atoms with Crippen molar-refractivity contribution in [1.29, 1.82) is 0 Å². The number of anilines is 1. The zero-order valence-corrected chi connectivity index (χ0v) is 10.6. The summed E-state index contributed by atoms with van der Waals surface area (Å²) >= 11 is 0. The smallest absolute Gasteiger partial charge is 0.213 e. The highest BCUT2D eigenvalue weighted by Crippen LogP contribution is 2.09. The van der Waals surface area contributed by atoms with Crippen LogP contribution in [-0.4, -0.2) is 9.97 Å². The predicted octanol–water partition coefficient (Wildman–Crippen LogP) is 2.48. The summed E-state index contributed by atoms with van der Waals surface area (Å²) in [4.78, 5) is 8.15. The zero-order chi connectivity index (χ0) is 10.5. The van der Waals surface area contributed by atoms with Gasteiger partial charge in [-0.3, -0.25) is 4.98 Å². The molecular weight excluding hydrogens is 261 g/mol. The van der Waals surface area contributed by atoms with Gasteiger partial charge >= 0.3 is 0 Å². The number of aromatic nitrogens is 2. The third-order valence-electron chi connectivity index (χ3n) is 1.85. The van der Waals surface area contributed by atoms with Crippen LogP contribution >= 0.6 is 24.8 Å². The van der Waals surface area contributed by atoms with Crippen LogP contribution in [0.4, 0.5) is 5.69 Å². The molecule has 2 rings (SSSR count). The standard InChI is InChI=1S/C11H11N3O.2ClH/c12-9-4-5-11(14-7-9)15-8-10-3-1-2-6-13-10;;/h1-7H,8,12H2;2*1H. The number of pyridine rings is 2. The summed E-state index contributed by atoms with van der Waals surface area (Å²) in [5.41, 5.74) is 7.00. The first-order chi connectivity index (χ1) is 7.34. The number of rotatable bonds is 3. The minimum absolute atomic E-state index is 0. The van der Waals surface area contributed by atoms with Crippen LogP contribution in [-0.2, 0) is 6.61 Å². The quantitative estimate of drug-likeness (QED) is 0.934. The molecule has 4 nitrogen and oxygen atoms in total. The molecule has 6 heteroatoms. The monoisotopic (exact) mass is 273 g/mol.